The molecule has 2 rings (SSSR count). The molecule has 0 aliphatic rings. The summed E-state index contributed by atoms with van der Waals surface area (Å²) in [6.07, 6.45) is 1.59. The molecule has 0 saturated carbocycles. The fourth-order valence-corrected chi connectivity index (χ4v) is 2.50. The first-order valence-electron chi connectivity index (χ1n) is 5.74. The first kappa shape index (κ1) is 14.4. The standard InChI is InChI=1S/C12H12N4O2S2/c1-7-2-3-9(20-7)6-13-16-11(18)5-8-4-10(17)15-12(19)14-8/h2-4,6H,5H2,1H3,(H,16,18)(H2,14,15,17,19)/b13-6-. The molecule has 0 aliphatic heterocycles. The molecule has 0 fully saturated rings. The Morgan fingerprint density at radius 2 is 2.30 bits per heavy atom. The van der Waals surface area contributed by atoms with Crippen LogP contribution in [0.1, 0.15) is 15.4 Å². The maximum absolute atomic E-state index is 11.6. The number of nitrogens with zero attached hydrogens (tertiary/aromatic N) is 1. The van der Waals surface area contributed by atoms with Gasteiger partial charge in [0.15, 0.2) is 4.77 Å². The number of carbonyl (C=O) groups is 1. The van der Waals surface area contributed by atoms with Gasteiger partial charge in [-0.25, -0.2) is 5.43 Å². The monoisotopic (exact) mass is 308 g/mol. The van der Waals surface area contributed by atoms with Gasteiger partial charge in [0.25, 0.3) is 5.56 Å². The molecule has 20 heavy (non-hydrogen) atoms. The number of hydrazone groups is 1. The second-order valence-electron chi connectivity index (χ2n) is 4.03. The van der Waals surface area contributed by atoms with Gasteiger partial charge in [-0.15, -0.1) is 11.3 Å². The Morgan fingerprint density at radius 3 is 2.95 bits per heavy atom. The number of hydrogen-bond donors (Lipinski definition) is 3. The van der Waals surface area contributed by atoms with Gasteiger partial charge in [-0.1, -0.05) is 0 Å². The molecular weight excluding hydrogens is 296 g/mol. The van der Waals surface area contributed by atoms with Crippen molar-refractivity contribution in [3.63, 3.8) is 0 Å². The second kappa shape index (κ2) is 6.40. The highest BCUT2D eigenvalue weighted by molar-refractivity contribution is 7.71. The van der Waals surface area contributed by atoms with Crippen molar-refractivity contribution in [2.75, 3.05) is 0 Å². The number of thiophene rings is 1. The topological polar surface area (TPSA) is 90.1 Å². The highest BCUT2D eigenvalue weighted by Crippen LogP contribution is 2.12. The lowest BCUT2D eigenvalue weighted by Gasteiger charge is -1.99. The first-order chi connectivity index (χ1) is 9.52. The number of rotatable bonds is 4. The van der Waals surface area contributed by atoms with Crippen LogP contribution in [0.5, 0.6) is 0 Å². The highest BCUT2D eigenvalue weighted by Gasteiger charge is 2.03. The quantitative estimate of drug-likeness (QED) is 0.454. The molecule has 2 aromatic heterocycles. The fourth-order valence-electron chi connectivity index (χ4n) is 1.52. The van der Waals surface area contributed by atoms with Gasteiger partial charge in [0.1, 0.15) is 0 Å². The molecular formula is C12H12N4O2S2. The summed E-state index contributed by atoms with van der Waals surface area (Å²) in [7, 11) is 0. The van der Waals surface area contributed by atoms with Gasteiger partial charge in [0.2, 0.25) is 5.91 Å². The number of carbonyl (C=O) groups excluding carboxylic acids is 1. The normalized spacial score (nSPS) is 10.8. The van der Waals surface area contributed by atoms with Crippen molar-refractivity contribution in [2.24, 2.45) is 5.10 Å². The van der Waals surface area contributed by atoms with Gasteiger partial charge >= 0.3 is 0 Å². The van der Waals surface area contributed by atoms with E-state index in [1.54, 1.807) is 17.6 Å². The first-order valence-corrected chi connectivity index (χ1v) is 6.96. The number of nitrogens with one attached hydrogen (secondary N) is 3. The molecule has 0 aromatic carbocycles. The van der Waals surface area contributed by atoms with E-state index in [1.807, 2.05) is 19.1 Å². The van der Waals surface area contributed by atoms with Crippen molar-refractivity contribution in [1.82, 2.24) is 15.4 Å². The summed E-state index contributed by atoms with van der Waals surface area (Å²) < 4.78 is 0.192. The lowest BCUT2D eigenvalue weighted by molar-refractivity contribution is -0.120. The van der Waals surface area contributed by atoms with Gasteiger partial charge in [-0.3, -0.25) is 14.6 Å². The highest BCUT2D eigenvalue weighted by atomic mass is 32.1. The van der Waals surface area contributed by atoms with Gasteiger partial charge in [-0.05, 0) is 31.3 Å². The van der Waals surface area contributed by atoms with Gasteiger partial charge < -0.3 is 4.98 Å². The zero-order valence-corrected chi connectivity index (χ0v) is 12.2. The number of aromatic nitrogens is 2. The molecule has 0 spiro atoms. The van der Waals surface area contributed by atoms with Crippen LogP contribution in [-0.2, 0) is 11.2 Å². The summed E-state index contributed by atoms with van der Waals surface area (Å²) >= 11 is 6.40. The van der Waals surface area contributed by atoms with Crippen LogP contribution in [0.3, 0.4) is 0 Å². The number of H-pyrrole nitrogens is 2. The van der Waals surface area contributed by atoms with Gasteiger partial charge in [0, 0.05) is 21.5 Å². The van der Waals surface area contributed by atoms with Crippen LogP contribution < -0.4 is 11.0 Å². The smallest absolute Gasteiger partial charge is 0.251 e. The lowest BCUT2D eigenvalue weighted by Crippen LogP contribution is -2.21. The van der Waals surface area contributed by atoms with E-state index in [9.17, 15) is 9.59 Å². The third kappa shape index (κ3) is 4.25. The third-order valence-electron chi connectivity index (χ3n) is 2.31. The van der Waals surface area contributed by atoms with E-state index < -0.39 is 0 Å². The van der Waals surface area contributed by atoms with Crippen molar-refractivity contribution < 1.29 is 4.79 Å². The average molecular weight is 308 g/mol. The summed E-state index contributed by atoms with van der Waals surface area (Å²) in [6.45, 7) is 2.00. The average Bonchev–Trinajstić information content (AvgIpc) is 2.73. The minimum Gasteiger partial charge on any atom is -0.335 e. The molecule has 3 N–H and O–H groups in total. The van der Waals surface area contributed by atoms with E-state index in [-0.39, 0.29) is 22.7 Å². The molecule has 0 radical (unpaired) electrons. The Kier molecular flexibility index (Phi) is 4.59. The van der Waals surface area contributed by atoms with E-state index in [0.29, 0.717) is 5.69 Å². The molecule has 0 unspecified atom stereocenters. The van der Waals surface area contributed by atoms with E-state index in [4.69, 9.17) is 12.2 Å². The van der Waals surface area contributed by atoms with Crippen molar-refractivity contribution in [3.8, 4) is 0 Å². The Hall–Kier alpha value is -2.06. The molecule has 1 amide bonds. The summed E-state index contributed by atoms with van der Waals surface area (Å²) in [5.74, 6) is -0.328. The van der Waals surface area contributed by atoms with Gasteiger partial charge in [-0.2, -0.15) is 5.10 Å². The molecule has 0 bridgehead atoms. The van der Waals surface area contributed by atoms with Crippen molar-refractivity contribution in [3.05, 3.63) is 48.8 Å². The molecule has 0 aliphatic carbocycles. The van der Waals surface area contributed by atoms with Crippen LogP contribution in [0.25, 0.3) is 0 Å². The summed E-state index contributed by atoms with van der Waals surface area (Å²) in [6, 6.07) is 5.19. The van der Waals surface area contributed by atoms with Crippen LogP contribution in [0.15, 0.2) is 28.1 Å². The zero-order chi connectivity index (χ0) is 14.5. The Morgan fingerprint density at radius 1 is 1.50 bits per heavy atom. The minimum absolute atomic E-state index is 0.00830. The molecule has 8 heteroatoms. The molecule has 2 heterocycles. The van der Waals surface area contributed by atoms with Crippen LogP contribution in [0.2, 0.25) is 0 Å². The summed E-state index contributed by atoms with van der Waals surface area (Å²) in [5.41, 5.74) is 2.50. The number of aryl methyl sites for hydroxylation is 1. The maximum atomic E-state index is 11.6. The molecule has 0 saturated heterocycles. The number of amides is 1. The Labute approximate surface area is 123 Å². The number of aromatic amines is 2. The predicted molar refractivity (Wildman–Crippen MR) is 80.7 cm³/mol. The van der Waals surface area contributed by atoms with Crippen LogP contribution >= 0.6 is 23.6 Å². The second-order valence-corrected chi connectivity index (χ2v) is 5.76. The lowest BCUT2D eigenvalue weighted by atomic mass is 10.3. The molecule has 104 valence electrons. The molecule has 2 aromatic rings. The molecule has 6 nitrogen and oxygen atoms in total. The minimum atomic E-state index is -0.339. The third-order valence-corrected chi connectivity index (χ3v) is 3.45. The van der Waals surface area contributed by atoms with E-state index in [2.05, 4.69) is 20.5 Å². The Balaban J connectivity index is 1.94. The van der Waals surface area contributed by atoms with E-state index in [0.717, 1.165) is 4.88 Å². The zero-order valence-electron chi connectivity index (χ0n) is 10.6. The van der Waals surface area contributed by atoms with E-state index >= 15 is 0 Å². The van der Waals surface area contributed by atoms with Crippen LogP contribution in [-0.4, -0.2) is 22.1 Å². The van der Waals surface area contributed by atoms with Crippen LogP contribution in [0.4, 0.5) is 0 Å². The largest absolute Gasteiger partial charge is 0.335 e. The van der Waals surface area contributed by atoms with E-state index in [1.165, 1.54) is 10.9 Å². The summed E-state index contributed by atoms with van der Waals surface area (Å²) in [4.78, 5) is 30.1. The fraction of sp³-hybridized carbons (Fsp3) is 0.167. The van der Waals surface area contributed by atoms with Crippen molar-refractivity contribution in [1.29, 1.82) is 0 Å². The SMILES string of the molecule is Cc1ccc(/C=N\NC(=O)Cc2cc(=O)[nH]c(=S)[nH]2)s1. The van der Waals surface area contributed by atoms with Gasteiger partial charge in [0.05, 0.1) is 12.6 Å². The Bertz CT molecular complexity index is 729. The van der Waals surface area contributed by atoms with Crippen LogP contribution in [0, 0.1) is 11.7 Å². The van der Waals surface area contributed by atoms with Crippen molar-refractivity contribution in [2.45, 2.75) is 13.3 Å². The summed E-state index contributed by atoms with van der Waals surface area (Å²) in [5, 5.41) is 3.86. The maximum Gasteiger partial charge on any atom is 0.251 e. The molecule has 0 atom stereocenters. The number of hydrogen-bond acceptors (Lipinski definition) is 5. The van der Waals surface area contributed by atoms with Crippen molar-refractivity contribution >= 4 is 35.7 Å². The predicted octanol–water partition coefficient (Wildman–Crippen LogP) is 1.50.